The number of hydrogen-bond acceptors (Lipinski definition) is 2. The molecule has 0 N–H and O–H groups in total. The minimum atomic E-state index is 0.163. The van der Waals surface area contributed by atoms with Gasteiger partial charge in [-0.25, -0.2) is 0 Å². The molecule has 0 aliphatic carbocycles. The molecule has 1 amide bonds. The lowest BCUT2D eigenvalue weighted by atomic mass is 9.96. The molecule has 0 saturated heterocycles. The van der Waals surface area contributed by atoms with Crippen molar-refractivity contribution in [2.24, 2.45) is 5.92 Å². The van der Waals surface area contributed by atoms with Gasteiger partial charge in [-0.2, -0.15) is 0 Å². The Morgan fingerprint density at radius 2 is 2.11 bits per heavy atom. The molecule has 0 unspecified atom stereocenters. The number of amides is 1. The Bertz CT molecular complexity index is 438. The van der Waals surface area contributed by atoms with Crippen LogP contribution in [0.3, 0.4) is 0 Å². The van der Waals surface area contributed by atoms with Crippen molar-refractivity contribution in [3.8, 4) is 5.75 Å². The lowest BCUT2D eigenvalue weighted by molar-refractivity contribution is -0.136. The zero-order valence-electron chi connectivity index (χ0n) is 12.1. The number of fused-ring (bicyclic) bond motifs is 1. The molecule has 19 heavy (non-hydrogen) atoms. The number of rotatable bonds is 4. The molecule has 3 heteroatoms. The number of ether oxygens (including phenoxy) is 1. The van der Waals surface area contributed by atoms with Gasteiger partial charge < -0.3 is 9.64 Å². The third-order valence-electron chi connectivity index (χ3n) is 4.10. The summed E-state index contributed by atoms with van der Waals surface area (Å²) in [5.74, 6) is 1.36. The van der Waals surface area contributed by atoms with Crippen LogP contribution in [0.5, 0.6) is 5.75 Å². The van der Waals surface area contributed by atoms with Gasteiger partial charge in [-0.05, 0) is 30.9 Å². The summed E-state index contributed by atoms with van der Waals surface area (Å²) in [6.07, 6.45) is 2.77. The van der Waals surface area contributed by atoms with Gasteiger partial charge in [0.05, 0.1) is 7.11 Å². The van der Waals surface area contributed by atoms with Gasteiger partial charge in [-0.15, -0.1) is 0 Å². The normalized spacial score (nSPS) is 14.4. The van der Waals surface area contributed by atoms with Crippen molar-refractivity contribution in [3.63, 3.8) is 0 Å². The van der Waals surface area contributed by atoms with E-state index >= 15 is 0 Å². The second kappa shape index (κ2) is 6.09. The summed E-state index contributed by atoms with van der Waals surface area (Å²) in [6.45, 7) is 5.69. The van der Waals surface area contributed by atoms with Crippen LogP contribution in [0.4, 0.5) is 0 Å². The number of carbonyl (C=O) groups excluding carboxylic acids is 1. The quantitative estimate of drug-likeness (QED) is 0.834. The van der Waals surface area contributed by atoms with Crippen LogP contribution in [-0.2, 0) is 17.8 Å². The Hall–Kier alpha value is -1.51. The first-order chi connectivity index (χ1) is 9.21. The van der Waals surface area contributed by atoms with Gasteiger partial charge in [0.25, 0.3) is 0 Å². The van der Waals surface area contributed by atoms with Crippen LogP contribution in [0.1, 0.15) is 37.8 Å². The highest BCUT2D eigenvalue weighted by molar-refractivity contribution is 5.79. The van der Waals surface area contributed by atoms with Gasteiger partial charge >= 0.3 is 0 Å². The Morgan fingerprint density at radius 3 is 2.74 bits per heavy atom. The molecule has 1 aliphatic rings. The third-order valence-corrected chi connectivity index (χ3v) is 4.10. The summed E-state index contributed by atoms with van der Waals surface area (Å²) < 4.78 is 5.42. The fourth-order valence-corrected chi connectivity index (χ4v) is 2.83. The van der Waals surface area contributed by atoms with Crippen molar-refractivity contribution in [1.82, 2.24) is 4.90 Å². The number of hydrogen-bond donors (Lipinski definition) is 0. The maximum absolute atomic E-state index is 12.5. The summed E-state index contributed by atoms with van der Waals surface area (Å²) in [7, 11) is 1.69. The summed E-state index contributed by atoms with van der Waals surface area (Å²) in [4.78, 5) is 14.4. The maximum atomic E-state index is 12.5. The topological polar surface area (TPSA) is 29.5 Å². The summed E-state index contributed by atoms with van der Waals surface area (Å²) in [5, 5.41) is 0. The second-order valence-corrected chi connectivity index (χ2v) is 5.12. The summed E-state index contributed by atoms with van der Waals surface area (Å²) in [6, 6.07) is 6.14. The molecule has 0 saturated carbocycles. The van der Waals surface area contributed by atoms with Gasteiger partial charge in [-0.3, -0.25) is 4.79 Å². The molecule has 0 aromatic heterocycles. The number of carbonyl (C=O) groups is 1. The molecule has 1 heterocycles. The van der Waals surface area contributed by atoms with E-state index < -0.39 is 0 Å². The SMILES string of the molecule is CCC(CC)C(=O)N1CCc2cccc(OC)c2C1. The first-order valence-corrected chi connectivity index (χ1v) is 7.14. The number of benzene rings is 1. The molecule has 0 atom stereocenters. The summed E-state index contributed by atoms with van der Waals surface area (Å²) in [5.41, 5.74) is 2.49. The van der Waals surface area contributed by atoms with Crippen molar-refractivity contribution in [1.29, 1.82) is 0 Å². The Labute approximate surface area is 115 Å². The lowest BCUT2D eigenvalue weighted by Gasteiger charge is -2.32. The molecule has 1 aromatic carbocycles. The van der Waals surface area contributed by atoms with Crippen LogP contribution < -0.4 is 4.74 Å². The van der Waals surface area contributed by atoms with Crippen LogP contribution in [0.25, 0.3) is 0 Å². The Kier molecular flexibility index (Phi) is 4.46. The lowest BCUT2D eigenvalue weighted by Crippen LogP contribution is -2.39. The van der Waals surface area contributed by atoms with Crippen molar-refractivity contribution in [3.05, 3.63) is 29.3 Å². The molecule has 104 valence electrons. The second-order valence-electron chi connectivity index (χ2n) is 5.12. The molecular formula is C16H23NO2. The van der Waals surface area contributed by atoms with Gasteiger partial charge in [-0.1, -0.05) is 26.0 Å². The number of nitrogens with zero attached hydrogens (tertiary/aromatic N) is 1. The largest absolute Gasteiger partial charge is 0.496 e. The molecule has 0 bridgehead atoms. The monoisotopic (exact) mass is 261 g/mol. The highest BCUT2D eigenvalue weighted by Crippen LogP contribution is 2.29. The molecular weight excluding hydrogens is 238 g/mol. The van der Waals surface area contributed by atoms with Gasteiger partial charge in [0.1, 0.15) is 5.75 Å². The molecule has 3 nitrogen and oxygen atoms in total. The van der Waals surface area contributed by atoms with Crippen LogP contribution in [-0.4, -0.2) is 24.5 Å². The van der Waals surface area contributed by atoms with Crippen molar-refractivity contribution < 1.29 is 9.53 Å². The maximum Gasteiger partial charge on any atom is 0.225 e. The molecule has 2 rings (SSSR count). The zero-order chi connectivity index (χ0) is 13.8. The molecule has 0 spiro atoms. The first-order valence-electron chi connectivity index (χ1n) is 7.14. The van der Waals surface area contributed by atoms with E-state index in [9.17, 15) is 4.79 Å². The smallest absolute Gasteiger partial charge is 0.225 e. The minimum absolute atomic E-state index is 0.163. The number of methoxy groups -OCH3 is 1. The zero-order valence-corrected chi connectivity index (χ0v) is 12.1. The first kappa shape index (κ1) is 13.9. The predicted molar refractivity (Wildman–Crippen MR) is 76.2 cm³/mol. The molecule has 1 aliphatic heterocycles. The van der Waals surface area contributed by atoms with Crippen LogP contribution in [0.2, 0.25) is 0 Å². The van der Waals surface area contributed by atoms with E-state index in [0.29, 0.717) is 12.5 Å². The fourth-order valence-electron chi connectivity index (χ4n) is 2.83. The van der Waals surface area contributed by atoms with Crippen molar-refractivity contribution >= 4 is 5.91 Å². The molecule has 0 radical (unpaired) electrons. The highest BCUT2D eigenvalue weighted by atomic mass is 16.5. The van der Waals surface area contributed by atoms with Crippen LogP contribution in [0, 0.1) is 5.92 Å². The Balaban J connectivity index is 2.19. The molecule has 0 fully saturated rings. The van der Waals surface area contributed by atoms with Crippen LogP contribution in [0.15, 0.2) is 18.2 Å². The van der Waals surface area contributed by atoms with Crippen molar-refractivity contribution in [2.45, 2.75) is 39.7 Å². The standard InChI is InChI=1S/C16H23NO2/c1-4-12(5-2)16(18)17-10-9-13-7-6-8-15(19-3)14(13)11-17/h6-8,12H,4-5,9-11H2,1-3H3. The predicted octanol–water partition coefficient (Wildman–Crippen LogP) is 3.02. The van der Waals surface area contributed by atoms with Gasteiger partial charge in [0.2, 0.25) is 5.91 Å². The highest BCUT2D eigenvalue weighted by Gasteiger charge is 2.26. The van der Waals surface area contributed by atoms with E-state index in [1.54, 1.807) is 7.11 Å². The minimum Gasteiger partial charge on any atom is -0.496 e. The average molecular weight is 261 g/mol. The van der Waals surface area contributed by atoms with E-state index in [0.717, 1.165) is 31.6 Å². The van der Waals surface area contributed by atoms with E-state index in [1.807, 2.05) is 17.0 Å². The van der Waals surface area contributed by atoms with Crippen LogP contribution >= 0.6 is 0 Å². The van der Waals surface area contributed by atoms with E-state index in [2.05, 4.69) is 19.9 Å². The van der Waals surface area contributed by atoms with Crippen molar-refractivity contribution in [2.75, 3.05) is 13.7 Å². The Morgan fingerprint density at radius 1 is 1.37 bits per heavy atom. The average Bonchev–Trinajstić information content (AvgIpc) is 2.47. The third kappa shape index (κ3) is 2.75. The van der Waals surface area contributed by atoms with Gasteiger partial charge in [0.15, 0.2) is 0 Å². The van der Waals surface area contributed by atoms with E-state index in [1.165, 1.54) is 11.1 Å². The van der Waals surface area contributed by atoms with E-state index in [4.69, 9.17) is 4.74 Å². The summed E-state index contributed by atoms with van der Waals surface area (Å²) >= 11 is 0. The molecule has 1 aromatic rings. The van der Waals surface area contributed by atoms with E-state index in [-0.39, 0.29) is 5.92 Å². The van der Waals surface area contributed by atoms with Gasteiger partial charge in [0, 0.05) is 24.6 Å². The fraction of sp³-hybridized carbons (Fsp3) is 0.562.